The van der Waals surface area contributed by atoms with Crippen LogP contribution in [0.15, 0.2) is 22.7 Å². The van der Waals surface area contributed by atoms with Gasteiger partial charge in [-0.1, -0.05) is 0 Å². The highest BCUT2D eigenvalue weighted by Gasteiger charge is 2.16. The Kier molecular flexibility index (Phi) is 5.61. The van der Waals surface area contributed by atoms with E-state index in [1.54, 1.807) is 18.2 Å². The Morgan fingerprint density at radius 3 is 2.62 bits per heavy atom. The number of halogens is 1. The molecule has 5 nitrogen and oxygen atoms in total. The number of anilines is 1. The molecule has 2 amide bonds. The molecule has 1 aromatic carbocycles. The maximum atomic E-state index is 12.0. The Balaban J connectivity index is 1.78. The Labute approximate surface area is 133 Å². The van der Waals surface area contributed by atoms with Crippen molar-refractivity contribution in [2.75, 3.05) is 25.4 Å². The number of nitrogens with one attached hydrogen (secondary N) is 1. The number of carbonyl (C=O) groups excluding carboxylic acids is 2. The minimum Gasteiger partial charge on any atom is -0.398 e. The van der Waals surface area contributed by atoms with Crippen molar-refractivity contribution in [2.45, 2.75) is 25.7 Å². The monoisotopic (exact) mass is 353 g/mol. The zero-order chi connectivity index (χ0) is 15.2. The first-order chi connectivity index (χ1) is 10.1. The molecule has 1 heterocycles. The van der Waals surface area contributed by atoms with Crippen LogP contribution in [0.25, 0.3) is 0 Å². The van der Waals surface area contributed by atoms with Crippen molar-refractivity contribution in [3.05, 3.63) is 28.2 Å². The van der Waals surface area contributed by atoms with Gasteiger partial charge in [-0.15, -0.1) is 0 Å². The Hall–Kier alpha value is -1.56. The molecule has 1 aliphatic heterocycles. The van der Waals surface area contributed by atoms with Gasteiger partial charge in [-0.05, 0) is 53.4 Å². The van der Waals surface area contributed by atoms with Gasteiger partial charge in [0.15, 0.2) is 0 Å². The number of piperidine rings is 1. The van der Waals surface area contributed by atoms with Gasteiger partial charge in [0.05, 0.1) is 0 Å². The molecule has 0 spiro atoms. The van der Waals surface area contributed by atoms with Crippen LogP contribution in [0, 0.1) is 0 Å². The molecule has 6 heteroatoms. The molecule has 2 rings (SSSR count). The second-order valence-corrected chi connectivity index (χ2v) is 6.04. The fourth-order valence-corrected chi connectivity index (χ4v) is 2.62. The van der Waals surface area contributed by atoms with Crippen molar-refractivity contribution < 1.29 is 9.59 Å². The van der Waals surface area contributed by atoms with Gasteiger partial charge in [0.1, 0.15) is 0 Å². The topological polar surface area (TPSA) is 75.4 Å². The van der Waals surface area contributed by atoms with Crippen LogP contribution in [0.2, 0.25) is 0 Å². The lowest BCUT2D eigenvalue weighted by Crippen LogP contribution is -2.37. The van der Waals surface area contributed by atoms with Gasteiger partial charge in [-0.2, -0.15) is 0 Å². The summed E-state index contributed by atoms with van der Waals surface area (Å²) >= 11 is 3.29. The maximum Gasteiger partial charge on any atom is 0.251 e. The molecular formula is C15H20BrN3O2. The summed E-state index contributed by atoms with van der Waals surface area (Å²) in [7, 11) is 0. The molecule has 3 N–H and O–H groups in total. The number of rotatable bonds is 4. The van der Waals surface area contributed by atoms with Gasteiger partial charge in [0, 0.05) is 41.8 Å². The lowest BCUT2D eigenvalue weighted by atomic mass is 10.1. The van der Waals surface area contributed by atoms with Crippen molar-refractivity contribution in [3.63, 3.8) is 0 Å². The highest BCUT2D eigenvalue weighted by Crippen LogP contribution is 2.20. The van der Waals surface area contributed by atoms with Crippen molar-refractivity contribution in [1.29, 1.82) is 0 Å². The van der Waals surface area contributed by atoms with E-state index in [4.69, 9.17) is 5.73 Å². The number of carbonyl (C=O) groups is 2. The molecule has 1 saturated heterocycles. The Bertz CT molecular complexity index is 528. The number of likely N-dealkylation sites (tertiary alicyclic amines) is 1. The van der Waals surface area contributed by atoms with E-state index in [0.717, 1.165) is 30.4 Å². The van der Waals surface area contributed by atoms with Gasteiger partial charge < -0.3 is 16.0 Å². The molecule has 0 atom stereocenters. The average Bonchev–Trinajstić information content (AvgIpc) is 2.50. The molecule has 114 valence electrons. The van der Waals surface area contributed by atoms with E-state index in [1.165, 1.54) is 6.42 Å². The zero-order valence-corrected chi connectivity index (χ0v) is 13.5. The van der Waals surface area contributed by atoms with Crippen LogP contribution in [0.4, 0.5) is 5.69 Å². The number of hydrogen-bond donors (Lipinski definition) is 2. The molecule has 0 saturated carbocycles. The summed E-state index contributed by atoms with van der Waals surface area (Å²) in [5, 5.41) is 2.76. The Morgan fingerprint density at radius 1 is 1.24 bits per heavy atom. The molecule has 21 heavy (non-hydrogen) atoms. The number of benzene rings is 1. The fraction of sp³-hybridized carbons (Fsp3) is 0.467. The maximum absolute atomic E-state index is 12.0. The quantitative estimate of drug-likeness (QED) is 0.814. The van der Waals surface area contributed by atoms with Gasteiger partial charge in [-0.25, -0.2) is 0 Å². The lowest BCUT2D eigenvalue weighted by molar-refractivity contribution is -0.131. The number of nitrogen functional groups attached to an aromatic ring is 1. The van der Waals surface area contributed by atoms with E-state index in [1.807, 2.05) is 4.90 Å². The summed E-state index contributed by atoms with van der Waals surface area (Å²) in [5.41, 5.74) is 6.77. The standard InChI is InChI=1S/C15H20BrN3O2/c16-12-5-4-11(10-13(12)17)15(21)18-7-6-14(20)19-8-2-1-3-9-19/h4-5,10H,1-3,6-9,17H2,(H,18,21). The van der Waals surface area contributed by atoms with Crippen LogP contribution in [0.5, 0.6) is 0 Å². The zero-order valence-electron chi connectivity index (χ0n) is 11.9. The predicted octanol–water partition coefficient (Wildman–Crippen LogP) is 2.16. The molecule has 1 fully saturated rings. The van der Waals surface area contributed by atoms with Crippen molar-refractivity contribution in [3.8, 4) is 0 Å². The molecule has 0 aliphatic carbocycles. The van der Waals surface area contributed by atoms with E-state index < -0.39 is 0 Å². The summed E-state index contributed by atoms with van der Waals surface area (Å²) < 4.78 is 0.763. The largest absolute Gasteiger partial charge is 0.398 e. The second kappa shape index (κ2) is 7.45. The van der Waals surface area contributed by atoms with Crippen molar-refractivity contribution >= 4 is 33.4 Å². The highest BCUT2D eigenvalue weighted by atomic mass is 79.9. The molecule has 1 aliphatic rings. The average molecular weight is 354 g/mol. The third kappa shape index (κ3) is 4.46. The van der Waals surface area contributed by atoms with E-state index in [2.05, 4.69) is 21.2 Å². The first-order valence-electron chi connectivity index (χ1n) is 7.19. The van der Waals surface area contributed by atoms with Gasteiger partial charge in [0.2, 0.25) is 5.91 Å². The van der Waals surface area contributed by atoms with E-state index in [-0.39, 0.29) is 11.8 Å². The lowest BCUT2D eigenvalue weighted by Gasteiger charge is -2.26. The van der Waals surface area contributed by atoms with Crippen LogP contribution >= 0.6 is 15.9 Å². The SMILES string of the molecule is Nc1cc(C(=O)NCCC(=O)N2CCCCC2)ccc1Br. The van der Waals surface area contributed by atoms with Crippen molar-refractivity contribution in [2.24, 2.45) is 0 Å². The smallest absolute Gasteiger partial charge is 0.251 e. The third-order valence-corrected chi connectivity index (χ3v) is 4.31. The minimum atomic E-state index is -0.208. The van der Waals surface area contributed by atoms with Crippen LogP contribution < -0.4 is 11.1 Å². The molecule has 0 unspecified atom stereocenters. The summed E-state index contributed by atoms with van der Waals surface area (Å²) in [6.07, 6.45) is 3.70. The van der Waals surface area contributed by atoms with Gasteiger partial charge >= 0.3 is 0 Å². The fourth-order valence-electron chi connectivity index (χ4n) is 2.37. The normalized spacial score (nSPS) is 14.8. The number of hydrogen-bond acceptors (Lipinski definition) is 3. The van der Waals surface area contributed by atoms with E-state index in [0.29, 0.717) is 24.2 Å². The second-order valence-electron chi connectivity index (χ2n) is 5.18. The van der Waals surface area contributed by atoms with E-state index in [9.17, 15) is 9.59 Å². The first kappa shape index (κ1) is 15.8. The van der Waals surface area contributed by atoms with Crippen LogP contribution in [0.1, 0.15) is 36.0 Å². The van der Waals surface area contributed by atoms with Crippen molar-refractivity contribution in [1.82, 2.24) is 10.2 Å². The molecule has 0 aromatic heterocycles. The predicted molar refractivity (Wildman–Crippen MR) is 85.9 cm³/mol. The van der Waals surface area contributed by atoms with Gasteiger partial charge in [-0.3, -0.25) is 9.59 Å². The van der Waals surface area contributed by atoms with Crippen LogP contribution in [0.3, 0.4) is 0 Å². The van der Waals surface area contributed by atoms with Crippen LogP contribution in [-0.2, 0) is 4.79 Å². The number of nitrogens with zero attached hydrogens (tertiary/aromatic N) is 1. The Morgan fingerprint density at radius 2 is 1.95 bits per heavy atom. The molecular weight excluding hydrogens is 334 g/mol. The van der Waals surface area contributed by atoms with Crippen LogP contribution in [-0.4, -0.2) is 36.3 Å². The molecule has 0 radical (unpaired) electrons. The summed E-state index contributed by atoms with van der Waals surface area (Å²) in [5.74, 6) is -0.0917. The summed E-state index contributed by atoms with van der Waals surface area (Å²) in [4.78, 5) is 25.8. The molecule has 0 bridgehead atoms. The highest BCUT2D eigenvalue weighted by molar-refractivity contribution is 9.10. The van der Waals surface area contributed by atoms with Gasteiger partial charge in [0.25, 0.3) is 5.91 Å². The van der Waals surface area contributed by atoms with E-state index >= 15 is 0 Å². The summed E-state index contributed by atoms with van der Waals surface area (Å²) in [6.45, 7) is 2.04. The number of nitrogens with two attached hydrogens (primary N) is 1. The number of amides is 2. The minimum absolute atomic E-state index is 0.116. The molecule has 1 aromatic rings. The first-order valence-corrected chi connectivity index (χ1v) is 7.98. The summed E-state index contributed by atoms with van der Waals surface area (Å²) in [6, 6.07) is 5.05. The third-order valence-electron chi connectivity index (χ3n) is 3.59.